The molecule has 3 heterocycles. The molecule has 2 nitrogen and oxygen atoms in total. The number of rotatable bonds is 1. The highest BCUT2D eigenvalue weighted by Gasteiger charge is 2.50. The van der Waals surface area contributed by atoms with Crippen LogP contribution in [0, 0.1) is 5.92 Å². The van der Waals surface area contributed by atoms with Gasteiger partial charge in [-0.05, 0) is 24.8 Å². The van der Waals surface area contributed by atoms with Gasteiger partial charge in [0.25, 0.3) is 0 Å². The maximum Gasteiger partial charge on any atom is 0.417 e. The molecule has 0 aliphatic carbocycles. The summed E-state index contributed by atoms with van der Waals surface area (Å²) in [7, 11) is 0. The average Bonchev–Trinajstić information content (AvgIpc) is 2.92. The van der Waals surface area contributed by atoms with Gasteiger partial charge in [-0.25, -0.2) is 0 Å². The molecule has 2 bridgehead atoms. The summed E-state index contributed by atoms with van der Waals surface area (Å²) in [5.74, 6) is -0.0676. The first kappa shape index (κ1) is 12.4. The highest BCUT2D eigenvalue weighted by molar-refractivity contribution is 7.08. The fraction of sp³-hybridized carbons (Fsp3) is 0.667. The molecule has 2 saturated heterocycles. The van der Waals surface area contributed by atoms with Gasteiger partial charge < -0.3 is 10.0 Å². The van der Waals surface area contributed by atoms with Crippen LogP contribution in [0.2, 0.25) is 0 Å². The summed E-state index contributed by atoms with van der Waals surface area (Å²) in [6, 6.07) is 0. The van der Waals surface area contributed by atoms with Crippen LogP contribution >= 0.6 is 11.3 Å². The van der Waals surface area contributed by atoms with Gasteiger partial charge in [0.2, 0.25) is 0 Å². The molecule has 18 heavy (non-hydrogen) atoms. The van der Waals surface area contributed by atoms with Crippen molar-refractivity contribution in [2.75, 3.05) is 19.6 Å². The number of alkyl halides is 3. The quantitative estimate of drug-likeness (QED) is 0.853. The third-order valence-electron chi connectivity index (χ3n) is 4.19. The molecule has 2 aliphatic heterocycles. The normalized spacial score (nSPS) is 36.0. The third-order valence-corrected chi connectivity index (χ3v) is 4.93. The molecule has 6 heteroatoms. The minimum Gasteiger partial charge on any atom is -0.385 e. The molecule has 0 saturated carbocycles. The van der Waals surface area contributed by atoms with Gasteiger partial charge in [-0.15, -0.1) is 0 Å². The maximum atomic E-state index is 12.9. The van der Waals surface area contributed by atoms with Crippen LogP contribution in [0.1, 0.15) is 24.0 Å². The number of fused-ring (bicyclic) bond motifs is 2. The van der Waals surface area contributed by atoms with Crippen LogP contribution in [0.25, 0.3) is 0 Å². The van der Waals surface area contributed by atoms with Gasteiger partial charge in [0.1, 0.15) is 0 Å². The number of piperidine rings is 1. The second kappa shape index (κ2) is 3.95. The van der Waals surface area contributed by atoms with Crippen molar-refractivity contribution in [3.05, 3.63) is 21.9 Å². The first-order valence-electron chi connectivity index (χ1n) is 6.00. The van der Waals surface area contributed by atoms with E-state index in [1.165, 1.54) is 5.38 Å². The second-order valence-corrected chi connectivity index (χ2v) is 5.90. The number of halogens is 3. The van der Waals surface area contributed by atoms with Crippen LogP contribution in [0.5, 0.6) is 0 Å². The Hall–Kier alpha value is -0.590. The predicted octanol–water partition coefficient (Wildman–Crippen LogP) is 2.68. The van der Waals surface area contributed by atoms with Gasteiger partial charge in [-0.2, -0.15) is 24.5 Å². The summed E-state index contributed by atoms with van der Waals surface area (Å²) in [6.07, 6.45) is -3.19. The molecule has 100 valence electrons. The van der Waals surface area contributed by atoms with E-state index in [2.05, 4.69) is 4.90 Å². The molecule has 3 rings (SSSR count). The lowest BCUT2D eigenvalue weighted by atomic mass is 9.76. The molecule has 2 aliphatic rings. The van der Waals surface area contributed by atoms with Gasteiger partial charge in [0.15, 0.2) is 0 Å². The number of aliphatic hydroxyl groups is 1. The Balaban J connectivity index is 2.01. The van der Waals surface area contributed by atoms with Crippen LogP contribution in [-0.4, -0.2) is 29.6 Å². The highest BCUT2D eigenvalue weighted by Crippen LogP contribution is 2.47. The number of hydrogen-bond acceptors (Lipinski definition) is 3. The van der Waals surface area contributed by atoms with Gasteiger partial charge in [-0.1, -0.05) is 0 Å². The SMILES string of the molecule is OC1(c2cscc2C(F)(F)F)CCN2CCC1C2. The van der Waals surface area contributed by atoms with Crippen LogP contribution in [0.15, 0.2) is 10.8 Å². The molecular weight excluding hydrogens is 263 g/mol. The van der Waals surface area contributed by atoms with Crippen molar-refractivity contribution in [2.24, 2.45) is 5.92 Å². The van der Waals surface area contributed by atoms with Crippen molar-refractivity contribution in [1.29, 1.82) is 0 Å². The lowest BCUT2D eigenvalue weighted by Crippen LogP contribution is -2.44. The molecule has 3 atom stereocenters. The molecule has 2 fully saturated rings. The zero-order valence-corrected chi connectivity index (χ0v) is 10.5. The second-order valence-electron chi connectivity index (χ2n) is 5.16. The zero-order valence-electron chi connectivity index (χ0n) is 9.70. The predicted molar refractivity (Wildman–Crippen MR) is 62.4 cm³/mol. The Morgan fingerprint density at radius 1 is 1.33 bits per heavy atom. The molecule has 0 amide bonds. The minimum atomic E-state index is -4.37. The number of hydrogen-bond donors (Lipinski definition) is 1. The van der Waals surface area contributed by atoms with Crippen LogP contribution in [0.4, 0.5) is 13.2 Å². The van der Waals surface area contributed by atoms with E-state index in [9.17, 15) is 18.3 Å². The summed E-state index contributed by atoms with van der Waals surface area (Å²) >= 11 is 1.02. The number of thiophene rings is 1. The first-order valence-corrected chi connectivity index (χ1v) is 6.94. The van der Waals surface area contributed by atoms with Gasteiger partial charge in [0, 0.05) is 30.0 Å². The monoisotopic (exact) mass is 277 g/mol. The van der Waals surface area contributed by atoms with Crippen molar-refractivity contribution >= 4 is 11.3 Å². The molecule has 1 N–H and O–H groups in total. The zero-order chi connectivity index (χ0) is 13.0. The van der Waals surface area contributed by atoms with E-state index < -0.39 is 17.3 Å². The number of nitrogens with zero attached hydrogens (tertiary/aromatic N) is 1. The van der Waals surface area contributed by atoms with E-state index in [0.717, 1.165) is 29.7 Å². The van der Waals surface area contributed by atoms with Gasteiger partial charge in [-0.3, -0.25) is 0 Å². The molecule has 3 unspecified atom stereocenters. The Bertz CT molecular complexity index is 458. The molecule has 0 spiro atoms. The van der Waals surface area contributed by atoms with E-state index in [-0.39, 0.29) is 11.5 Å². The standard InChI is InChI=1S/C12H14F3NOS/c13-12(14,15)10-7-18-6-9(10)11(17)2-4-16-3-1-8(11)5-16/h6-8,17H,1-5H2. The van der Waals surface area contributed by atoms with E-state index >= 15 is 0 Å². The molecule has 1 aromatic heterocycles. The van der Waals surface area contributed by atoms with Gasteiger partial charge in [0.05, 0.1) is 11.2 Å². The smallest absolute Gasteiger partial charge is 0.385 e. The van der Waals surface area contributed by atoms with E-state index in [0.29, 0.717) is 19.5 Å². The summed E-state index contributed by atoms with van der Waals surface area (Å²) in [5, 5.41) is 13.3. The largest absolute Gasteiger partial charge is 0.417 e. The fourth-order valence-electron chi connectivity index (χ4n) is 3.16. The summed E-state index contributed by atoms with van der Waals surface area (Å²) in [4.78, 5) is 2.21. The lowest BCUT2D eigenvalue weighted by Gasteiger charge is -2.39. The molecular formula is C12H14F3NOS. The molecule has 0 aromatic carbocycles. The van der Waals surface area contributed by atoms with Crippen molar-refractivity contribution < 1.29 is 18.3 Å². The minimum absolute atomic E-state index is 0.0676. The van der Waals surface area contributed by atoms with Crippen molar-refractivity contribution in [1.82, 2.24) is 4.90 Å². The first-order chi connectivity index (χ1) is 8.41. The summed E-state index contributed by atoms with van der Waals surface area (Å²) in [6.45, 7) is 2.28. The van der Waals surface area contributed by atoms with Crippen LogP contribution in [0.3, 0.4) is 0 Å². The third kappa shape index (κ3) is 1.78. The van der Waals surface area contributed by atoms with Gasteiger partial charge >= 0.3 is 6.18 Å². The topological polar surface area (TPSA) is 23.5 Å². The van der Waals surface area contributed by atoms with Crippen LogP contribution in [-0.2, 0) is 11.8 Å². The summed E-state index contributed by atoms with van der Waals surface area (Å²) in [5.41, 5.74) is -1.86. The van der Waals surface area contributed by atoms with E-state index in [4.69, 9.17) is 0 Å². The van der Waals surface area contributed by atoms with Crippen molar-refractivity contribution in [2.45, 2.75) is 24.6 Å². The molecule has 0 radical (unpaired) electrons. The Kier molecular flexibility index (Phi) is 2.73. The van der Waals surface area contributed by atoms with E-state index in [1.54, 1.807) is 0 Å². The Labute approximate surface area is 107 Å². The Morgan fingerprint density at radius 3 is 2.83 bits per heavy atom. The highest BCUT2D eigenvalue weighted by atomic mass is 32.1. The summed E-state index contributed by atoms with van der Waals surface area (Å²) < 4.78 is 38.8. The fourth-order valence-corrected chi connectivity index (χ4v) is 4.10. The van der Waals surface area contributed by atoms with Crippen LogP contribution < -0.4 is 0 Å². The average molecular weight is 277 g/mol. The Morgan fingerprint density at radius 2 is 2.11 bits per heavy atom. The van der Waals surface area contributed by atoms with E-state index in [1.807, 2.05) is 0 Å². The van der Waals surface area contributed by atoms with Crippen molar-refractivity contribution in [3.8, 4) is 0 Å². The molecule has 1 aromatic rings. The van der Waals surface area contributed by atoms with Crippen molar-refractivity contribution in [3.63, 3.8) is 0 Å². The maximum absolute atomic E-state index is 12.9. The lowest BCUT2D eigenvalue weighted by molar-refractivity contribution is -0.142.